The fourth-order valence-corrected chi connectivity index (χ4v) is 1.81. The van der Waals surface area contributed by atoms with Gasteiger partial charge in [0.05, 0.1) is 25.6 Å². The van der Waals surface area contributed by atoms with E-state index in [4.69, 9.17) is 19.7 Å². The number of benzene rings is 1. The standard InChI is InChI=1S/C14H18O6/c1-3-19-11-6-5-9(7-12(11)20-4-2)10(14(17)18)8-13(15)16/h5-7,10H,3-4,8H2,1-2H3,(H,15,16)(H,17,18)/t10-/m1/s1. The minimum Gasteiger partial charge on any atom is -0.490 e. The maximum absolute atomic E-state index is 11.2. The summed E-state index contributed by atoms with van der Waals surface area (Å²) in [5, 5.41) is 17.9. The van der Waals surface area contributed by atoms with Crippen LogP contribution in [-0.4, -0.2) is 35.4 Å². The largest absolute Gasteiger partial charge is 0.490 e. The molecule has 0 heterocycles. The zero-order valence-corrected chi connectivity index (χ0v) is 11.5. The number of hydrogen-bond acceptors (Lipinski definition) is 4. The first kappa shape index (κ1) is 15.8. The SMILES string of the molecule is CCOc1ccc([C@@H](CC(=O)O)C(=O)O)cc1OCC. The van der Waals surface area contributed by atoms with Crippen molar-refractivity contribution in [2.75, 3.05) is 13.2 Å². The first-order valence-corrected chi connectivity index (χ1v) is 6.33. The van der Waals surface area contributed by atoms with Gasteiger partial charge in [0.15, 0.2) is 11.5 Å². The van der Waals surface area contributed by atoms with Crippen molar-refractivity contribution in [3.8, 4) is 11.5 Å². The fourth-order valence-electron chi connectivity index (χ4n) is 1.81. The van der Waals surface area contributed by atoms with Crippen LogP contribution < -0.4 is 9.47 Å². The Balaban J connectivity index is 3.12. The molecule has 1 aromatic rings. The average Bonchev–Trinajstić information content (AvgIpc) is 2.38. The van der Waals surface area contributed by atoms with Crippen LogP contribution in [0, 0.1) is 0 Å². The second kappa shape index (κ2) is 7.37. The number of aliphatic carboxylic acids is 2. The molecule has 2 N–H and O–H groups in total. The molecule has 1 rings (SSSR count). The molecule has 0 unspecified atom stereocenters. The Kier molecular flexibility index (Phi) is 5.83. The lowest BCUT2D eigenvalue weighted by Gasteiger charge is -2.15. The Morgan fingerprint density at radius 1 is 1.10 bits per heavy atom. The van der Waals surface area contributed by atoms with E-state index in [1.54, 1.807) is 19.1 Å². The van der Waals surface area contributed by atoms with E-state index in [-0.39, 0.29) is 0 Å². The van der Waals surface area contributed by atoms with Crippen molar-refractivity contribution in [3.63, 3.8) is 0 Å². The number of hydrogen-bond donors (Lipinski definition) is 2. The highest BCUT2D eigenvalue weighted by atomic mass is 16.5. The summed E-state index contributed by atoms with van der Waals surface area (Å²) in [6, 6.07) is 4.67. The Labute approximate surface area is 116 Å². The molecule has 0 aliphatic carbocycles. The molecule has 0 amide bonds. The van der Waals surface area contributed by atoms with Crippen LogP contribution in [0.2, 0.25) is 0 Å². The summed E-state index contributed by atoms with van der Waals surface area (Å²) in [6.07, 6.45) is -0.477. The molecular formula is C14H18O6. The Bertz CT molecular complexity index is 483. The van der Waals surface area contributed by atoms with Crippen molar-refractivity contribution < 1.29 is 29.3 Å². The summed E-state index contributed by atoms with van der Waals surface area (Å²) in [4.78, 5) is 21.9. The van der Waals surface area contributed by atoms with Gasteiger partial charge in [-0.15, -0.1) is 0 Å². The maximum atomic E-state index is 11.2. The Morgan fingerprint density at radius 3 is 2.20 bits per heavy atom. The van der Waals surface area contributed by atoms with Crippen molar-refractivity contribution in [3.05, 3.63) is 23.8 Å². The van der Waals surface area contributed by atoms with E-state index in [9.17, 15) is 9.59 Å². The number of ether oxygens (including phenoxy) is 2. The van der Waals surface area contributed by atoms with E-state index in [1.165, 1.54) is 6.07 Å². The first-order valence-electron chi connectivity index (χ1n) is 6.33. The quantitative estimate of drug-likeness (QED) is 0.758. The smallest absolute Gasteiger partial charge is 0.311 e. The van der Waals surface area contributed by atoms with Gasteiger partial charge in [0.2, 0.25) is 0 Å². The highest BCUT2D eigenvalue weighted by molar-refractivity contribution is 5.82. The third-order valence-electron chi connectivity index (χ3n) is 2.65. The molecule has 0 radical (unpaired) electrons. The van der Waals surface area contributed by atoms with Gasteiger partial charge in [0, 0.05) is 0 Å². The van der Waals surface area contributed by atoms with Gasteiger partial charge in [-0.3, -0.25) is 9.59 Å². The van der Waals surface area contributed by atoms with Crippen LogP contribution in [0.4, 0.5) is 0 Å². The summed E-state index contributed by atoms with van der Waals surface area (Å²) in [6.45, 7) is 4.49. The topological polar surface area (TPSA) is 93.1 Å². The van der Waals surface area contributed by atoms with Crippen molar-refractivity contribution in [1.29, 1.82) is 0 Å². The van der Waals surface area contributed by atoms with E-state index in [0.29, 0.717) is 30.3 Å². The van der Waals surface area contributed by atoms with Crippen LogP contribution in [0.25, 0.3) is 0 Å². The second-order valence-electron chi connectivity index (χ2n) is 4.06. The molecular weight excluding hydrogens is 264 g/mol. The van der Waals surface area contributed by atoms with Crippen LogP contribution >= 0.6 is 0 Å². The van der Waals surface area contributed by atoms with Crippen LogP contribution in [0.15, 0.2) is 18.2 Å². The Morgan fingerprint density at radius 2 is 1.70 bits per heavy atom. The minimum atomic E-state index is -1.18. The van der Waals surface area contributed by atoms with Gasteiger partial charge in [-0.2, -0.15) is 0 Å². The van der Waals surface area contributed by atoms with E-state index in [1.807, 2.05) is 6.92 Å². The van der Waals surface area contributed by atoms with E-state index < -0.39 is 24.3 Å². The number of carboxylic acid groups (broad SMARTS) is 2. The summed E-state index contributed by atoms with van der Waals surface area (Å²) >= 11 is 0. The molecule has 0 bridgehead atoms. The lowest BCUT2D eigenvalue weighted by molar-refractivity contribution is -0.145. The number of carbonyl (C=O) groups is 2. The van der Waals surface area contributed by atoms with Gasteiger partial charge in [-0.25, -0.2) is 0 Å². The van der Waals surface area contributed by atoms with E-state index >= 15 is 0 Å². The molecule has 0 fully saturated rings. The monoisotopic (exact) mass is 282 g/mol. The van der Waals surface area contributed by atoms with Crippen molar-refractivity contribution in [2.45, 2.75) is 26.2 Å². The summed E-state index contributed by atoms with van der Waals surface area (Å²) in [7, 11) is 0. The van der Waals surface area contributed by atoms with Crippen molar-refractivity contribution >= 4 is 11.9 Å². The normalized spacial score (nSPS) is 11.7. The average molecular weight is 282 g/mol. The first-order chi connectivity index (χ1) is 9.49. The predicted octanol–water partition coefficient (Wildman–Crippen LogP) is 2.13. The summed E-state index contributed by atoms with van der Waals surface area (Å²) in [5.41, 5.74) is 0.381. The lowest BCUT2D eigenvalue weighted by atomic mass is 9.95. The molecule has 0 saturated carbocycles. The molecule has 6 nitrogen and oxygen atoms in total. The third kappa shape index (κ3) is 4.15. The minimum absolute atomic E-state index is 0.381. The maximum Gasteiger partial charge on any atom is 0.311 e. The van der Waals surface area contributed by atoms with Crippen LogP contribution in [0.1, 0.15) is 31.7 Å². The van der Waals surface area contributed by atoms with Gasteiger partial charge >= 0.3 is 11.9 Å². The molecule has 0 aliphatic rings. The second-order valence-corrected chi connectivity index (χ2v) is 4.06. The predicted molar refractivity (Wildman–Crippen MR) is 71.4 cm³/mol. The Hall–Kier alpha value is -2.24. The fraction of sp³-hybridized carbons (Fsp3) is 0.429. The third-order valence-corrected chi connectivity index (χ3v) is 2.65. The van der Waals surface area contributed by atoms with Crippen molar-refractivity contribution in [1.82, 2.24) is 0 Å². The van der Waals surface area contributed by atoms with E-state index in [2.05, 4.69) is 0 Å². The van der Waals surface area contributed by atoms with Gasteiger partial charge < -0.3 is 19.7 Å². The molecule has 0 spiro atoms. The van der Waals surface area contributed by atoms with Gasteiger partial charge in [0.25, 0.3) is 0 Å². The number of rotatable bonds is 8. The van der Waals surface area contributed by atoms with Crippen LogP contribution in [0.5, 0.6) is 11.5 Å². The van der Waals surface area contributed by atoms with Gasteiger partial charge in [-0.05, 0) is 31.5 Å². The molecule has 6 heteroatoms. The summed E-state index contributed by atoms with van der Waals surface area (Å²) in [5.74, 6) is -2.52. The van der Waals surface area contributed by atoms with Crippen LogP contribution in [0.3, 0.4) is 0 Å². The molecule has 1 aromatic carbocycles. The van der Waals surface area contributed by atoms with Crippen LogP contribution in [-0.2, 0) is 9.59 Å². The molecule has 1 atom stereocenters. The highest BCUT2D eigenvalue weighted by Crippen LogP contribution is 2.32. The summed E-state index contributed by atoms with van der Waals surface area (Å²) < 4.78 is 10.8. The van der Waals surface area contributed by atoms with Gasteiger partial charge in [0.1, 0.15) is 0 Å². The molecule has 110 valence electrons. The van der Waals surface area contributed by atoms with E-state index in [0.717, 1.165) is 0 Å². The molecule has 0 aliphatic heterocycles. The number of carboxylic acids is 2. The lowest BCUT2D eigenvalue weighted by Crippen LogP contribution is -2.16. The van der Waals surface area contributed by atoms with Gasteiger partial charge in [-0.1, -0.05) is 6.07 Å². The zero-order chi connectivity index (χ0) is 15.1. The zero-order valence-electron chi connectivity index (χ0n) is 11.5. The van der Waals surface area contributed by atoms with Crippen molar-refractivity contribution in [2.24, 2.45) is 0 Å². The molecule has 20 heavy (non-hydrogen) atoms. The molecule has 0 aromatic heterocycles. The molecule has 0 saturated heterocycles. The highest BCUT2D eigenvalue weighted by Gasteiger charge is 2.24.